The Morgan fingerprint density at radius 3 is 2.29 bits per heavy atom. The number of hydrogen-bond donors (Lipinski definition) is 1. The average molecular weight is 280 g/mol. The Labute approximate surface area is 121 Å². The van der Waals surface area contributed by atoms with Crippen molar-refractivity contribution < 1.29 is 9.18 Å². The summed E-state index contributed by atoms with van der Waals surface area (Å²) in [6, 6.07) is 16.8. The molecule has 0 unspecified atom stereocenters. The van der Waals surface area contributed by atoms with Crippen molar-refractivity contribution in [2.75, 3.05) is 5.32 Å². The molecule has 0 aliphatic rings. The summed E-state index contributed by atoms with van der Waals surface area (Å²) < 4.78 is 14.8. The average Bonchev–Trinajstić information content (AvgIpc) is 3.02. The van der Waals surface area contributed by atoms with Gasteiger partial charge in [-0.25, -0.2) is 4.39 Å². The fourth-order valence-electron chi connectivity index (χ4n) is 2.10. The number of anilines is 1. The number of nitrogens with zero attached hydrogens (tertiary/aromatic N) is 1. The Balaban J connectivity index is 1.88. The summed E-state index contributed by atoms with van der Waals surface area (Å²) in [7, 11) is 0. The molecule has 0 spiro atoms. The van der Waals surface area contributed by atoms with Gasteiger partial charge in [0, 0.05) is 18.0 Å². The van der Waals surface area contributed by atoms with Crippen LogP contribution in [0.3, 0.4) is 0 Å². The number of rotatable bonds is 3. The summed E-state index contributed by atoms with van der Waals surface area (Å²) in [6.07, 6.45) is 3.81. The van der Waals surface area contributed by atoms with Gasteiger partial charge in [0.05, 0.1) is 11.4 Å². The smallest absolute Gasteiger partial charge is 0.255 e. The molecule has 104 valence electrons. The maximum Gasteiger partial charge on any atom is 0.255 e. The van der Waals surface area contributed by atoms with Crippen molar-refractivity contribution in [2.24, 2.45) is 0 Å². The maximum atomic E-state index is 12.9. The van der Waals surface area contributed by atoms with E-state index in [4.69, 9.17) is 0 Å². The molecule has 0 bridgehead atoms. The summed E-state index contributed by atoms with van der Waals surface area (Å²) in [6.45, 7) is 0. The third-order valence-corrected chi connectivity index (χ3v) is 3.14. The quantitative estimate of drug-likeness (QED) is 0.776. The number of halogens is 1. The zero-order valence-electron chi connectivity index (χ0n) is 11.2. The lowest BCUT2D eigenvalue weighted by atomic mass is 10.2. The second-order valence-electron chi connectivity index (χ2n) is 4.57. The predicted octanol–water partition coefficient (Wildman–Crippen LogP) is 3.87. The fraction of sp³-hybridized carbons (Fsp3) is 0. The molecule has 3 aromatic rings. The topological polar surface area (TPSA) is 34.0 Å². The number of amides is 1. The zero-order valence-corrected chi connectivity index (χ0v) is 11.2. The molecule has 1 N–H and O–H groups in total. The molecule has 1 heterocycles. The molecule has 0 saturated carbocycles. The van der Waals surface area contributed by atoms with Crippen LogP contribution in [0.1, 0.15) is 10.4 Å². The normalized spacial score (nSPS) is 10.3. The molecule has 0 aliphatic heterocycles. The van der Waals surface area contributed by atoms with Gasteiger partial charge in [0.2, 0.25) is 0 Å². The van der Waals surface area contributed by atoms with Crippen LogP contribution in [-0.2, 0) is 0 Å². The summed E-state index contributed by atoms with van der Waals surface area (Å²) in [5.41, 5.74) is 1.99. The Morgan fingerprint density at radius 1 is 0.905 bits per heavy atom. The van der Waals surface area contributed by atoms with Crippen molar-refractivity contribution in [1.82, 2.24) is 4.57 Å². The van der Waals surface area contributed by atoms with Crippen LogP contribution in [0.25, 0.3) is 5.69 Å². The maximum absolute atomic E-state index is 12.9. The molecule has 21 heavy (non-hydrogen) atoms. The van der Waals surface area contributed by atoms with Crippen LogP contribution in [0.15, 0.2) is 73.1 Å². The Morgan fingerprint density at radius 2 is 1.57 bits per heavy atom. The first-order valence-corrected chi connectivity index (χ1v) is 6.53. The number of carbonyl (C=O) groups excluding carboxylic acids is 1. The van der Waals surface area contributed by atoms with E-state index in [1.165, 1.54) is 24.3 Å². The van der Waals surface area contributed by atoms with Crippen LogP contribution in [0.5, 0.6) is 0 Å². The van der Waals surface area contributed by atoms with E-state index in [-0.39, 0.29) is 11.7 Å². The molecule has 1 aromatic heterocycles. The van der Waals surface area contributed by atoms with E-state index < -0.39 is 0 Å². The molecule has 1 amide bonds. The number of para-hydroxylation sites is 2. The number of aromatic nitrogens is 1. The standard InChI is InChI=1S/C17H13FN2O/c18-14-9-7-13(8-10-14)17(21)19-15-5-1-2-6-16(15)20-11-3-4-12-20/h1-12H,(H,19,21). The Bertz CT molecular complexity index is 749. The molecule has 0 saturated heterocycles. The summed E-state index contributed by atoms with van der Waals surface area (Å²) in [5, 5.41) is 2.85. The molecule has 0 atom stereocenters. The highest BCUT2D eigenvalue weighted by Gasteiger charge is 2.09. The monoisotopic (exact) mass is 280 g/mol. The first-order valence-electron chi connectivity index (χ1n) is 6.53. The van der Waals surface area contributed by atoms with Crippen LogP contribution in [0, 0.1) is 5.82 Å². The van der Waals surface area contributed by atoms with Crippen molar-refractivity contribution in [3.05, 3.63) is 84.4 Å². The molecule has 3 rings (SSSR count). The largest absolute Gasteiger partial charge is 0.322 e. The van der Waals surface area contributed by atoms with Gasteiger partial charge in [-0.3, -0.25) is 4.79 Å². The molecule has 4 heteroatoms. The van der Waals surface area contributed by atoms with Gasteiger partial charge in [0.25, 0.3) is 5.91 Å². The third kappa shape index (κ3) is 2.84. The predicted molar refractivity (Wildman–Crippen MR) is 80.1 cm³/mol. The first kappa shape index (κ1) is 13.1. The van der Waals surface area contributed by atoms with E-state index in [9.17, 15) is 9.18 Å². The van der Waals surface area contributed by atoms with Crippen LogP contribution >= 0.6 is 0 Å². The van der Waals surface area contributed by atoms with Crippen molar-refractivity contribution in [3.8, 4) is 5.69 Å². The summed E-state index contributed by atoms with van der Waals surface area (Å²) in [5.74, 6) is -0.631. The minimum atomic E-state index is -0.362. The number of hydrogen-bond acceptors (Lipinski definition) is 1. The van der Waals surface area contributed by atoms with Crippen molar-refractivity contribution in [1.29, 1.82) is 0 Å². The fourth-order valence-corrected chi connectivity index (χ4v) is 2.10. The van der Waals surface area contributed by atoms with E-state index >= 15 is 0 Å². The molecule has 0 fully saturated rings. The van der Waals surface area contributed by atoms with Gasteiger partial charge < -0.3 is 9.88 Å². The molecule has 3 nitrogen and oxygen atoms in total. The molecule has 2 aromatic carbocycles. The SMILES string of the molecule is O=C(Nc1ccccc1-n1cccc1)c1ccc(F)cc1. The van der Waals surface area contributed by atoms with Crippen molar-refractivity contribution >= 4 is 11.6 Å². The number of nitrogens with one attached hydrogen (secondary N) is 1. The van der Waals surface area contributed by atoms with Crippen LogP contribution in [0.2, 0.25) is 0 Å². The molecular formula is C17H13FN2O. The Kier molecular flexibility index (Phi) is 3.51. The minimum Gasteiger partial charge on any atom is -0.322 e. The lowest BCUT2D eigenvalue weighted by Crippen LogP contribution is -2.13. The molecule has 0 aliphatic carbocycles. The van der Waals surface area contributed by atoms with Crippen molar-refractivity contribution in [3.63, 3.8) is 0 Å². The highest BCUT2D eigenvalue weighted by molar-refractivity contribution is 6.05. The second kappa shape index (κ2) is 5.63. The lowest BCUT2D eigenvalue weighted by molar-refractivity contribution is 0.102. The van der Waals surface area contributed by atoms with Gasteiger partial charge in [-0.2, -0.15) is 0 Å². The van der Waals surface area contributed by atoms with Gasteiger partial charge in [0.1, 0.15) is 5.82 Å². The van der Waals surface area contributed by atoms with Crippen LogP contribution in [0.4, 0.5) is 10.1 Å². The van der Waals surface area contributed by atoms with Crippen LogP contribution < -0.4 is 5.32 Å². The third-order valence-electron chi connectivity index (χ3n) is 3.14. The summed E-state index contributed by atoms with van der Waals surface area (Å²) >= 11 is 0. The lowest BCUT2D eigenvalue weighted by Gasteiger charge is -2.12. The van der Waals surface area contributed by atoms with Gasteiger partial charge >= 0.3 is 0 Å². The number of benzene rings is 2. The Hall–Kier alpha value is -2.88. The van der Waals surface area contributed by atoms with E-state index in [0.29, 0.717) is 11.3 Å². The van der Waals surface area contributed by atoms with Gasteiger partial charge in [-0.05, 0) is 48.5 Å². The minimum absolute atomic E-state index is 0.269. The highest BCUT2D eigenvalue weighted by Crippen LogP contribution is 2.20. The highest BCUT2D eigenvalue weighted by atomic mass is 19.1. The number of carbonyl (C=O) groups is 1. The van der Waals surface area contributed by atoms with Crippen molar-refractivity contribution in [2.45, 2.75) is 0 Å². The van der Waals surface area contributed by atoms with E-state index in [2.05, 4.69) is 5.32 Å². The zero-order chi connectivity index (χ0) is 14.7. The van der Waals surface area contributed by atoms with Crippen LogP contribution in [-0.4, -0.2) is 10.5 Å². The molecule has 0 radical (unpaired) electrons. The molecular weight excluding hydrogens is 267 g/mol. The van der Waals surface area contributed by atoms with E-state index in [1.54, 1.807) is 0 Å². The first-order chi connectivity index (χ1) is 10.2. The van der Waals surface area contributed by atoms with Gasteiger partial charge in [0.15, 0.2) is 0 Å². The van der Waals surface area contributed by atoms with Gasteiger partial charge in [-0.15, -0.1) is 0 Å². The second-order valence-corrected chi connectivity index (χ2v) is 4.57. The van der Waals surface area contributed by atoms with E-state index in [1.807, 2.05) is 53.4 Å². The van der Waals surface area contributed by atoms with Gasteiger partial charge in [-0.1, -0.05) is 12.1 Å². The summed E-state index contributed by atoms with van der Waals surface area (Å²) in [4.78, 5) is 12.2. The van der Waals surface area contributed by atoms with E-state index in [0.717, 1.165) is 5.69 Å².